The lowest BCUT2D eigenvalue weighted by molar-refractivity contribution is 0.271. The maximum absolute atomic E-state index is 13.3. The maximum atomic E-state index is 13.3. The van der Waals surface area contributed by atoms with Gasteiger partial charge in [0.25, 0.3) is 0 Å². The van der Waals surface area contributed by atoms with E-state index in [1.54, 1.807) is 0 Å². The molecule has 15 heavy (non-hydrogen) atoms. The summed E-state index contributed by atoms with van der Waals surface area (Å²) in [5, 5.41) is 26.3. The third-order valence-electron chi connectivity index (χ3n) is 1.92. The van der Waals surface area contributed by atoms with Crippen molar-refractivity contribution in [1.29, 1.82) is 0 Å². The summed E-state index contributed by atoms with van der Waals surface area (Å²) in [6.07, 6.45) is 0. The van der Waals surface area contributed by atoms with Crippen LogP contribution in [0.2, 0.25) is 0 Å². The highest BCUT2D eigenvalue weighted by molar-refractivity contribution is 6.58. The SMILES string of the molecule is COc1c(F)c(CO)cc(B(O)O)c1F. The van der Waals surface area contributed by atoms with Gasteiger partial charge in [0.2, 0.25) is 0 Å². The molecular formula is C8H9BF2O4. The molecule has 82 valence electrons. The van der Waals surface area contributed by atoms with E-state index in [1.165, 1.54) is 0 Å². The van der Waals surface area contributed by atoms with Crippen LogP contribution in [-0.4, -0.2) is 29.4 Å². The Morgan fingerprint density at radius 2 is 1.93 bits per heavy atom. The predicted octanol–water partition coefficient (Wildman–Crippen LogP) is -0.855. The minimum Gasteiger partial charge on any atom is -0.491 e. The number of aliphatic hydroxyl groups is 1. The fraction of sp³-hybridized carbons (Fsp3) is 0.250. The highest BCUT2D eigenvalue weighted by Crippen LogP contribution is 2.23. The maximum Gasteiger partial charge on any atom is 0.491 e. The van der Waals surface area contributed by atoms with Crippen LogP contribution in [-0.2, 0) is 6.61 Å². The Balaban J connectivity index is 3.44. The Bertz CT molecular complexity index is 370. The van der Waals surface area contributed by atoms with Crippen LogP contribution in [0.3, 0.4) is 0 Å². The molecule has 1 aromatic carbocycles. The summed E-state index contributed by atoms with van der Waals surface area (Å²) >= 11 is 0. The van der Waals surface area contributed by atoms with Crippen LogP contribution in [0.15, 0.2) is 6.07 Å². The lowest BCUT2D eigenvalue weighted by Crippen LogP contribution is -2.34. The quantitative estimate of drug-likeness (QED) is 0.577. The van der Waals surface area contributed by atoms with Gasteiger partial charge in [-0.2, -0.15) is 0 Å². The fourth-order valence-corrected chi connectivity index (χ4v) is 1.17. The molecule has 0 fully saturated rings. The van der Waals surface area contributed by atoms with Gasteiger partial charge in [0, 0.05) is 11.0 Å². The molecule has 0 aliphatic carbocycles. The summed E-state index contributed by atoms with van der Waals surface area (Å²) in [5.41, 5.74) is -0.811. The number of aliphatic hydroxyl groups excluding tert-OH is 1. The van der Waals surface area contributed by atoms with E-state index in [0.29, 0.717) is 0 Å². The second-order valence-electron chi connectivity index (χ2n) is 2.82. The average Bonchev–Trinajstić information content (AvgIpc) is 2.18. The average molecular weight is 218 g/mol. The summed E-state index contributed by atoms with van der Waals surface area (Å²) in [4.78, 5) is 0. The predicted molar refractivity (Wildman–Crippen MR) is 48.7 cm³/mol. The van der Waals surface area contributed by atoms with E-state index in [2.05, 4.69) is 4.74 Å². The number of hydrogen-bond donors (Lipinski definition) is 3. The van der Waals surface area contributed by atoms with Crippen LogP contribution >= 0.6 is 0 Å². The van der Waals surface area contributed by atoms with Crippen molar-refractivity contribution in [3.05, 3.63) is 23.3 Å². The molecule has 0 unspecified atom stereocenters. The van der Waals surface area contributed by atoms with E-state index in [0.717, 1.165) is 13.2 Å². The minimum atomic E-state index is -2.09. The van der Waals surface area contributed by atoms with Crippen LogP contribution in [0.4, 0.5) is 8.78 Å². The zero-order valence-corrected chi connectivity index (χ0v) is 7.87. The van der Waals surface area contributed by atoms with Crippen molar-refractivity contribution in [3.8, 4) is 5.75 Å². The molecule has 0 heterocycles. The number of hydrogen-bond acceptors (Lipinski definition) is 4. The summed E-state index contributed by atoms with van der Waals surface area (Å²) in [6, 6.07) is 0.831. The van der Waals surface area contributed by atoms with Gasteiger partial charge < -0.3 is 19.9 Å². The second kappa shape index (κ2) is 4.56. The highest BCUT2D eigenvalue weighted by atomic mass is 19.1. The molecule has 4 nitrogen and oxygen atoms in total. The zero-order chi connectivity index (χ0) is 11.6. The van der Waals surface area contributed by atoms with Crippen molar-refractivity contribution in [2.45, 2.75) is 6.61 Å². The Hall–Kier alpha value is -1.18. The van der Waals surface area contributed by atoms with Crippen molar-refractivity contribution >= 4 is 12.6 Å². The first-order valence-electron chi connectivity index (χ1n) is 4.04. The number of ether oxygens (including phenoxy) is 1. The number of benzene rings is 1. The number of halogens is 2. The Kier molecular flexibility index (Phi) is 3.62. The molecule has 1 rings (SSSR count). The van der Waals surface area contributed by atoms with Crippen molar-refractivity contribution in [2.24, 2.45) is 0 Å². The van der Waals surface area contributed by atoms with E-state index in [4.69, 9.17) is 15.2 Å². The van der Waals surface area contributed by atoms with Crippen LogP contribution in [0.5, 0.6) is 5.75 Å². The molecule has 0 radical (unpaired) electrons. The van der Waals surface area contributed by atoms with E-state index < -0.39 is 36.6 Å². The molecule has 0 aliphatic heterocycles. The van der Waals surface area contributed by atoms with Gasteiger partial charge in [-0.1, -0.05) is 6.07 Å². The van der Waals surface area contributed by atoms with Gasteiger partial charge >= 0.3 is 7.12 Å². The van der Waals surface area contributed by atoms with Crippen LogP contribution in [0, 0.1) is 11.6 Å². The lowest BCUT2D eigenvalue weighted by Gasteiger charge is -2.11. The monoisotopic (exact) mass is 218 g/mol. The van der Waals surface area contributed by atoms with Gasteiger partial charge in [-0.05, 0) is 0 Å². The van der Waals surface area contributed by atoms with E-state index >= 15 is 0 Å². The second-order valence-corrected chi connectivity index (χ2v) is 2.82. The molecule has 3 N–H and O–H groups in total. The minimum absolute atomic E-state index is 0.267. The van der Waals surface area contributed by atoms with Crippen LogP contribution in [0.1, 0.15) is 5.56 Å². The van der Waals surface area contributed by atoms with E-state index in [9.17, 15) is 8.78 Å². The fourth-order valence-electron chi connectivity index (χ4n) is 1.17. The standard InChI is InChI=1S/C8H9BF2O4/c1-15-8-6(10)4(3-12)2-5(7(8)11)9(13)14/h2,12-14H,3H2,1H3. The van der Waals surface area contributed by atoms with Crippen molar-refractivity contribution in [2.75, 3.05) is 7.11 Å². The van der Waals surface area contributed by atoms with Crippen LogP contribution in [0.25, 0.3) is 0 Å². The summed E-state index contributed by atoms with van der Waals surface area (Å²) in [5.74, 6) is -2.99. The molecule has 0 aliphatic rings. The van der Waals surface area contributed by atoms with Gasteiger partial charge in [-0.25, -0.2) is 8.78 Å². The Morgan fingerprint density at radius 3 is 2.33 bits per heavy atom. The van der Waals surface area contributed by atoms with Gasteiger partial charge in [0.1, 0.15) is 0 Å². The topological polar surface area (TPSA) is 69.9 Å². The zero-order valence-electron chi connectivity index (χ0n) is 7.87. The van der Waals surface area contributed by atoms with Crippen molar-refractivity contribution in [3.63, 3.8) is 0 Å². The summed E-state index contributed by atoms with van der Waals surface area (Å²) in [7, 11) is -1.05. The Labute approximate surface area is 84.9 Å². The third kappa shape index (κ3) is 2.09. The number of methoxy groups -OCH3 is 1. The smallest absolute Gasteiger partial charge is 0.491 e. The molecule has 0 bridgehead atoms. The van der Waals surface area contributed by atoms with Gasteiger partial charge in [-0.3, -0.25) is 0 Å². The first-order chi connectivity index (χ1) is 7.02. The van der Waals surface area contributed by atoms with Crippen LogP contribution < -0.4 is 10.2 Å². The molecule has 0 spiro atoms. The number of rotatable bonds is 3. The first-order valence-corrected chi connectivity index (χ1v) is 4.04. The molecule has 0 saturated heterocycles. The third-order valence-corrected chi connectivity index (χ3v) is 1.92. The summed E-state index contributed by atoms with van der Waals surface area (Å²) in [6.45, 7) is -0.692. The normalized spacial score (nSPS) is 10.3. The van der Waals surface area contributed by atoms with E-state index in [-0.39, 0.29) is 5.56 Å². The van der Waals surface area contributed by atoms with Crippen molar-refractivity contribution in [1.82, 2.24) is 0 Å². The molecule has 0 saturated carbocycles. The van der Waals surface area contributed by atoms with E-state index in [1.807, 2.05) is 0 Å². The van der Waals surface area contributed by atoms with Crippen molar-refractivity contribution < 1.29 is 28.7 Å². The van der Waals surface area contributed by atoms with Gasteiger partial charge in [0.05, 0.1) is 13.7 Å². The molecule has 0 aromatic heterocycles. The summed E-state index contributed by atoms with van der Waals surface area (Å²) < 4.78 is 31.0. The van der Waals surface area contributed by atoms with Gasteiger partial charge in [0.15, 0.2) is 17.4 Å². The molecular weight excluding hydrogens is 209 g/mol. The molecule has 7 heteroatoms. The molecule has 1 aromatic rings. The largest absolute Gasteiger partial charge is 0.491 e. The first kappa shape index (κ1) is 11.9. The molecule has 0 atom stereocenters. The Morgan fingerprint density at radius 1 is 1.33 bits per heavy atom. The lowest BCUT2D eigenvalue weighted by atomic mass is 9.78. The molecule has 0 amide bonds. The highest BCUT2D eigenvalue weighted by Gasteiger charge is 2.25. The van der Waals surface area contributed by atoms with Gasteiger partial charge in [-0.15, -0.1) is 0 Å².